The van der Waals surface area contributed by atoms with E-state index in [2.05, 4.69) is 4.72 Å². The predicted octanol–water partition coefficient (Wildman–Crippen LogP) is 1.37. The lowest BCUT2D eigenvalue weighted by Gasteiger charge is -2.37. The Morgan fingerprint density at radius 3 is 2.10 bits per heavy atom. The molecule has 1 aromatic rings. The van der Waals surface area contributed by atoms with Crippen molar-refractivity contribution in [3.05, 3.63) is 23.8 Å². The number of hydrogen-bond acceptors (Lipinski definition) is 4. The zero-order valence-electron chi connectivity index (χ0n) is 11.7. The molecule has 114 valence electrons. The smallest absolute Gasteiger partial charge is 0.244 e. The van der Waals surface area contributed by atoms with Crippen molar-refractivity contribution in [2.24, 2.45) is 0 Å². The van der Waals surface area contributed by atoms with Gasteiger partial charge < -0.3 is 10.8 Å². The van der Waals surface area contributed by atoms with Gasteiger partial charge in [0.05, 0.1) is 16.8 Å². The van der Waals surface area contributed by atoms with Crippen LogP contribution in [0.1, 0.15) is 27.7 Å². The molecule has 0 spiro atoms. The Morgan fingerprint density at radius 2 is 1.65 bits per heavy atom. The van der Waals surface area contributed by atoms with Crippen molar-refractivity contribution in [2.45, 2.75) is 43.7 Å². The van der Waals surface area contributed by atoms with Crippen LogP contribution in [0.5, 0.6) is 0 Å². The average molecular weight is 308 g/mol. The van der Waals surface area contributed by atoms with Gasteiger partial charge in [0, 0.05) is 6.07 Å². The molecule has 0 amide bonds. The fourth-order valence-electron chi connectivity index (χ4n) is 1.27. The Kier molecular flexibility index (Phi) is 4.15. The number of nitrogens with one attached hydrogen (secondary N) is 1. The summed E-state index contributed by atoms with van der Waals surface area (Å²) in [6, 6.07) is 1.11. The molecule has 5 nitrogen and oxygen atoms in total. The SMILES string of the molecule is CC(C)(O)C(C)(C)NS(=O)(=O)c1cc(N)c(F)cc1F. The van der Waals surface area contributed by atoms with E-state index in [-0.39, 0.29) is 0 Å². The van der Waals surface area contributed by atoms with E-state index in [1.165, 1.54) is 27.7 Å². The van der Waals surface area contributed by atoms with Gasteiger partial charge >= 0.3 is 0 Å². The minimum Gasteiger partial charge on any atom is -0.396 e. The van der Waals surface area contributed by atoms with Crippen LogP contribution in [-0.4, -0.2) is 24.7 Å². The molecule has 8 heteroatoms. The number of nitrogens with two attached hydrogens (primary N) is 1. The van der Waals surface area contributed by atoms with Gasteiger partial charge in [0.25, 0.3) is 0 Å². The van der Waals surface area contributed by atoms with Crippen LogP contribution in [0, 0.1) is 11.6 Å². The summed E-state index contributed by atoms with van der Waals surface area (Å²) >= 11 is 0. The minimum absolute atomic E-state index is 0.404. The molecule has 0 atom stereocenters. The molecule has 0 aliphatic carbocycles. The van der Waals surface area contributed by atoms with Gasteiger partial charge in [0.1, 0.15) is 16.5 Å². The zero-order chi connectivity index (χ0) is 15.9. The molecule has 0 unspecified atom stereocenters. The first-order valence-electron chi connectivity index (χ1n) is 5.79. The highest BCUT2D eigenvalue weighted by molar-refractivity contribution is 7.89. The second-order valence-corrected chi connectivity index (χ2v) is 7.24. The van der Waals surface area contributed by atoms with Crippen LogP contribution in [0.4, 0.5) is 14.5 Å². The Bertz CT molecular complexity index is 622. The topological polar surface area (TPSA) is 92.4 Å². The number of nitrogen functional groups attached to an aromatic ring is 1. The number of aliphatic hydroxyl groups is 1. The van der Waals surface area contributed by atoms with Crippen LogP contribution < -0.4 is 10.5 Å². The molecular weight excluding hydrogens is 290 g/mol. The third-order valence-corrected chi connectivity index (χ3v) is 4.93. The summed E-state index contributed by atoms with van der Waals surface area (Å²) in [6.45, 7) is 5.69. The van der Waals surface area contributed by atoms with Crippen molar-refractivity contribution in [3.8, 4) is 0 Å². The van der Waals surface area contributed by atoms with Crippen LogP contribution in [0.25, 0.3) is 0 Å². The van der Waals surface area contributed by atoms with Crippen molar-refractivity contribution in [2.75, 3.05) is 5.73 Å². The standard InChI is InChI=1S/C12H18F2N2O3S/c1-11(2,12(3,4)17)16-20(18,19)10-6-9(15)7(13)5-8(10)14/h5-6,16-17H,15H2,1-4H3. The van der Waals surface area contributed by atoms with Crippen LogP contribution in [0.15, 0.2) is 17.0 Å². The first-order chi connectivity index (χ1) is 8.78. The second kappa shape index (κ2) is 4.94. The summed E-state index contributed by atoms with van der Waals surface area (Å²) in [5.41, 5.74) is 2.10. The maximum absolute atomic E-state index is 13.6. The highest BCUT2D eigenvalue weighted by Crippen LogP contribution is 2.26. The summed E-state index contributed by atoms with van der Waals surface area (Å²) in [5.74, 6) is -2.29. The van der Waals surface area contributed by atoms with E-state index in [1.54, 1.807) is 0 Å². The zero-order valence-corrected chi connectivity index (χ0v) is 12.5. The predicted molar refractivity (Wildman–Crippen MR) is 71.5 cm³/mol. The van der Waals surface area contributed by atoms with Gasteiger partial charge in [-0.05, 0) is 33.8 Å². The van der Waals surface area contributed by atoms with Gasteiger partial charge in [0.15, 0.2) is 0 Å². The number of anilines is 1. The molecule has 0 saturated heterocycles. The monoisotopic (exact) mass is 308 g/mol. The molecule has 0 bridgehead atoms. The fourth-order valence-corrected chi connectivity index (χ4v) is 2.90. The van der Waals surface area contributed by atoms with Crippen molar-refractivity contribution in [1.82, 2.24) is 4.72 Å². The molecule has 0 fully saturated rings. The summed E-state index contributed by atoms with van der Waals surface area (Å²) in [4.78, 5) is -0.770. The lowest BCUT2D eigenvalue weighted by molar-refractivity contribution is 0.00636. The van der Waals surface area contributed by atoms with Gasteiger partial charge in [-0.1, -0.05) is 0 Å². The molecule has 4 N–H and O–H groups in total. The Hall–Kier alpha value is -1.25. The van der Waals surface area contributed by atoms with Gasteiger partial charge in [-0.15, -0.1) is 0 Å². The van der Waals surface area contributed by atoms with E-state index in [9.17, 15) is 22.3 Å². The lowest BCUT2D eigenvalue weighted by Crippen LogP contribution is -2.57. The van der Waals surface area contributed by atoms with Crippen molar-refractivity contribution in [1.29, 1.82) is 0 Å². The Morgan fingerprint density at radius 1 is 1.15 bits per heavy atom. The Labute approximate surface area is 116 Å². The summed E-state index contributed by atoms with van der Waals surface area (Å²) in [5, 5.41) is 9.92. The van der Waals surface area contributed by atoms with E-state index in [4.69, 9.17) is 5.73 Å². The fraction of sp³-hybridized carbons (Fsp3) is 0.500. The van der Waals surface area contributed by atoms with Crippen LogP contribution >= 0.6 is 0 Å². The molecule has 0 aromatic heterocycles. The summed E-state index contributed by atoms with van der Waals surface area (Å²) in [7, 11) is -4.30. The van der Waals surface area contributed by atoms with Crippen molar-refractivity contribution < 1.29 is 22.3 Å². The molecule has 20 heavy (non-hydrogen) atoms. The summed E-state index contributed by atoms with van der Waals surface area (Å²) in [6.07, 6.45) is 0. The molecule has 1 aromatic carbocycles. The second-order valence-electron chi connectivity index (χ2n) is 5.59. The van der Waals surface area contributed by atoms with Crippen molar-refractivity contribution >= 4 is 15.7 Å². The minimum atomic E-state index is -4.30. The largest absolute Gasteiger partial charge is 0.396 e. The van der Waals surface area contributed by atoms with Crippen molar-refractivity contribution in [3.63, 3.8) is 0 Å². The van der Waals surface area contributed by atoms with Crippen LogP contribution in [0.3, 0.4) is 0 Å². The van der Waals surface area contributed by atoms with E-state index < -0.39 is 43.4 Å². The first kappa shape index (κ1) is 16.8. The molecular formula is C12H18F2N2O3S. The maximum Gasteiger partial charge on any atom is 0.244 e. The third kappa shape index (κ3) is 3.25. The van der Waals surface area contributed by atoms with E-state index in [1.807, 2.05) is 0 Å². The maximum atomic E-state index is 13.6. The molecule has 0 aliphatic heterocycles. The number of halogens is 2. The highest BCUT2D eigenvalue weighted by atomic mass is 32.2. The first-order valence-corrected chi connectivity index (χ1v) is 7.27. The van der Waals surface area contributed by atoms with Gasteiger partial charge in [-0.3, -0.25) is 0 Å². The van der Waals surface area contributed by atoms with Crippen LogP contribution in [-0.2, 0) is 10.0 Å². The van der Waals surface area contributed by atoms with Gasteiger partial charge in [0.2, 0.25) is 10.0 Å². The lowest BCUT2D eigenvalue weighted by atomic mass is 9.87. The average Bonchev–Trinajstić information content (AvgIpc) is 2.19. The molecule has 0 heterocycles. The highest BCUT2D eigenvalue weighted by Gasteiger charge is 2.39. The molecule has 1 rings (SSSR count). The van der Waals surface area contributed by atoms with E-state index in [0.717, 1.165) is 0 Å². The van der Waals surface area contributed by atoms with Gasteiger partial charge in [-0.25, -0.2) is 21.9 Å². The van der Waals surface area contributed by atoms with Gasteiger partial charge in [-0.2, -0.15) is 0 Å². The van der Waals surface area contributed by atoms with Crippen LogP contribution in [0.2, 0.25) is 0 Å². The molecule has 0 aliphatic rings. The third-order valence-electron chi connectivity index (χ3n) is 3.26. The summed E-state index contributed by atoms with van der Waals surface area (Å²) < 4.78 is 53.1. The van der Waals surface area contributed by atoms with E-state index >= 15 is 0 Å². The number of benzene rings is 1. The van der Waals surface area contributed by atoms with E-state index in [0.29, 0.717) is 12.1 Å². The Balaban J connectivity index is 3.29. The number of rotatable bonds is 4. The normalized spacial score (nSPS) is 13.6. The quantitative estimate of drug-likeness (QED) is 0.733. The molecule has 0 saturated carbocycles. The number of sulfonamides is 1. The number of hydrogen-bond donors (Lipinski definition) is 3. The molecule has 0 radical (unpaired) electrons.